The number of amides is 2. The Balaban J connectivity index is 2.17. The fourth-order valence-electron chi connectivity index (χ4n) is 1.88. The average Bonchev–Trinajstić information content (AvgIpc) is 2.84. The maximum atomic E-state index is 12.9. The second kappa shape index (κ2) is 4.99. The number of carbonyl (C=O) groups excluding carboxylic acids is 1. The second-order valence-corrected chi connectivity index (χ2v) is 4.04. The summed E-state index contributed by atoms with van der Waals surface area (Å²) in [7, 11) is 0. The first-order valence-electron chi connectivity index (χ1n) is 5.58. The van der Waals surface area contributed by atoms with Crippen molar-refractivity contribution in [1.29, 1.82) is 0 Å². The van der Waals surface area contributed by atoms with Crippen LogP contribution in [0.5, 0.6) is 0 Å². The molecule has 1 saturated heterocycles. The Morgan fingerprint density at radius 2 is 2.06 bits per heavy atom. The third-order valence-electron chi connectivity index (χ3n) is 2.79. The first kappa shape index (κ1) is 12.3. The molecule has 0 aromatic heterocycles. The van der Waals surface area contributed by atoms with Crippen molar-refractivity contribution in [3.8, 4) is 0 Å². The molecular weight excluding hydrogens is 241 g/mol. The number of benzene rings is 1. The molecule has 1 aliphatic heterocycles. The van der Waals surface area contributed by atoms with Gasteiger partial charge in [0.05, 0.1) is 11.0 Å². The molecule has 2 amide bonds. The van der Waals surface area contributed by atoms with Crippen molar-refractivity contribution < 1.29 is 14.1 Å². The molecule has 96 valence electrons. The number of urea groups is 1. The highest BCUT2D eigenvalue weighted by atomic mass is 19.1. The number of anilines is 1. The Kier molecular flexibility index (Phi) is 3.40. The Labute approximate surface area is 103 Å². The summed E-state index contributed by atoms with van der Waals surface area (Å²) in [6.07, 6.45) is 1.86. The van der Waals surface area contributed by atoms with E-state index in [9.17, 15) is 19.3 Å². The average molecular weight is 253 g/mol. The molecule has 1 aromatic rings. The number of nitro benzene ring substituents is 1. The van der Waals surface area contributed by atoms with Gasteiger partial charge in [0.15, 0.2) is 0 Å². The SMILES string of the molecule is O=C(Nc1ccc(F)cc1[N+](=O)[O-])N1CCCC1. The van der Waals surface area contributed by atoms with Crippen molar-refractivity contribution in [2.75, 3.05) is 18.4 Å². The van der Waals surface area contributed by atoms with Crippen molar-refractivity contribution in [2.24, 2.45) is 0 Å². The zero-order chi connectivity index (χ0) is 13.1. The monoisotopic (exact) mass is 253 g/mol. The summed E-state index contributed by atoms with van der Waals surface area (Å²) in [5.74, 6) is -0.708. The Bertz CT molecular complexity index is 486. The maximum Gasteiger partial charge on any atom is 0.322 e. The molecule has 0 aliphatic carbocycles. The molecule has 0 radical (unpaired) electrons. The van der Waals surface area contributed by atoms with E-state index >= 15 is 0 Å². The molecule has 1 aliphatic rings. The smallest absolute Gasteiger partial charge is 0.322 e. The highest BCUT2D eigenvalue weighted by Gasteiger charge is 2.22. The number of rotatable bonds is 2. The van der Waals surface area contributed by atoms with Crippen LogP contribution in [0.4, 0.5) is 20.6 Å². The van der Waals surface area contributed by atoms with Crippen LogP contribution in [-0.4, -0.2) is 28.9 Å². The molecule has 7 heteroatoms. The van der Waals surface area contributed by atoms with E-state index in [1.807, 2.05) is 0 Å². The Hall–Kier alpha value is -2.18. The predicted molar refractivity (Wildman–Crippen MR) is 62.9 cm³/mol. The molecule has 0 atom stereocenters. The zero-order valence-electron chi connectivity index (χ0n) is 9.56. The van der Waals surface area contributed by atoms with E-state index in [4.69, 9.17) is 0 Å². The van der Waals surface area contributed by atoms with Gasteiger partial charge in [-0.05, 0) is 25.0 Å². The molecule has 18 heavy (non-hydrogen) atoms. The van der Waals surface area contributed by atoms with E-state index in [0.717, 1.165) is 25.0 Å². The van der Waals surface area contributed by atoms with Gasteiger partial charge in [-0.2, -0.15) is 0 Å². The molecule has 1 N–H and O–H groups in total. The fourth-order valence-corrected chi connectivity index (χ4v) is 1.88. The van der Waals surface area contributed by atoms with E-state index in [0.29, 0.717) is 13.1 Å². The Morgan fingerprint density at radius 1 is 1.39 bits per heavy atom. The van der Waals surface area contributed by atoms with Gasteiger partial charge >= 0.3 is 6.03 Å². The van der Waals surface area contributed by atoms with Crippen LogP contribution in [0, 0.1) is 15.9 Å². The minimum atomic E-state index is -0.720. The molecule has 1 heterocycles. The summed E-state index contributed by atoms with van der Waals surface area (Å²) in [6, 6.07) is 2.68. The largest absolute Gasteiger partial charge is 0.325 e. The van der Waals surface area contributed by atoms with E-state index in [1.54, 1.807) is 4.90 Å². The molecule has 0 saturated carbocycles. The summed E-state index contributed by atoms with van der Waals surface area (Å²) in [5.41, 5.74) is -0.430. The quantitative estimate of drug-likeness (QED) is 0.649. The second-order valence-electron chi connectivity index (χ2n) is 4.04. The van der Waals surface area contributed by atoms with Crippen LogP contribution in [0.1, 0.15) is 12.8 Å². The van der Waals surface area contributed by atoms with Crippen LogP contribution < -0.4 is 5.32 Å². The van der Waals surface area contributed by atoms with Crippen molar-refractivity contribution in [1.82, 2.24) is 4.90 Å². The number of hydrogen-bond donors (Lipinski definition) is 1. The normalized spacial score (nSPS) is 14.6. The summed E-state index contributed by atoms with van der Waals surface area (Å²) in [4.78, 5) is 23.4. The number of nitro groups is 1. The third-order valence-corrected chi connectivity index (χ3v) is 2.79. The molecule has 0 bridgehead atoms. The predicted octanol–water partition coefficient (Wildman–Crippen LogP) is 2.36. The first-order valence-corrected chi connectivity index (χ1v) is 5.58. The van der Waals surface area contributed by atoms with E-state index < -0.39 is 16.4 Å². The highest BCUT2D eigenvalue weighted by molar-refractivity contribution is 5.91. The lowest BCUT2D eigenvalue weighted by molar-refractivity contribution is -0.384. The van der Waals surface area contributed by atoms with Crippen LogP contribution >= 0.6 is 0 Å². The van der Waals surface area contributed by atoms with Gasteiger partial charge in [0, 0.05) is 13.1 Å². The molecule has 0 spiro atoms. The number of likely N-dealkylation sites (tertiary alicyclic amines) is 1. The van der Waals surface area contributed by atoms with Crippen molar-refractivity contribution in [2.45, 2.75) is 12.8 Å². The van der Waals surface area contributed by atoms with Gasteiger partial charge in [0.2, 0.25) is 0 Å². The van der Waals surface area contributed by atoms with Gasteiger partial charge in [-0.3, -0.25) is 10.1 Å². The summed E-state index contributed by atoms with van der Waals surface area (Å²) >= 11 is 0. The van der Waals surface area contributed by atoms with Crippen LogP contribution in [-0.2, 0) is 0 Å². The van der Waals surface area contributed by atoms with E-state index in [2.05, 4.69) is 5.32 Å². The molecule has 1 aromatic carbocycles. The van der Waals surface area contributed by atoms with Gasteiger partial charge in [-0.25, -0.2) is 9.18 Å². The summed E-state index contributed by atoms with van der Waals surface area (Å²) in [6.45, 7) is 1.28. The van der Waals surface area contributed by atoms with Gasteiger partial charge in [0.25, 0.3) is 5.69 Å². The number of halogens is 1. The molecule has 2 rings (SSSR count). The summed E-state index contributed by atoms with van der Waals surface area (Å²) < 4.78 is 12.9. The zero-order valence-corrected chi connectivity index (χ0v) is 9.56. The maximum absolute atomic E-state index is 12.9. The molecular formula is C11H12FN3O3. The van der Waals surface area contributed by atoms with Gasteiger partial charge in [0.1, 0.15) is 11.5 Å². The lowest BCUT2D eigenvalue weighted by atomic mass is 10.2. The van der Waals surface area contributed by atoms with Crippen LogP contribution in [0.25, 0.3) is 0 Å². The minimum absolute atomic E-state index is 0.0123. The van der Waals surface area contributed by atoms with Gasteiger partial charge in [-0.15, -0.1) is 0 Å². The van der Waals surface area contributed by atoms with Crippen molar-refractivity contribution >= 4 is 17.4 Å². The minimum Gasteiger partial charge on any atom is -0.325 e. The molecule has 6 nitrogen and oxygen atoms in total. The first-order chi connectivity index (χ1) is 8.58. The third kappa shape index (κ3) is 2.55. The van der Waals surface area contributed by atoms with Crippen LogP contribution in [0.3, 0.4) is 0 Å². The van der Waals surface area contributed by atoms with E-state index in [1.165, 1.54) is 6.07 Å². The summed E-state index contributed by atoms with van der Waals surface area (Å²) in [5, 5.41) is 13.2. The highest BCUT2D eigenvalue weighted by Crippen LogP contribution is 2.25. The molecule has 0 unspecified atom stereocenters. The number of nitrogens with zero attached hydrogens (tertiary/aromatic N) is 2. The van der Waals surface area contributed by atoms with Crippen molar-refractivity contribution in [3.05, 3.63) is 34.1 Å². The number of hydrogen-bond acceptors (Lipinski definition) is 3. The van der Waals surface area contributed by atoms with Crippen molar-refractivity contribution in [3.63, 3.8) is 0 Å². The number of carbonyl (C=O) groups is 1. The topological polar surface area (TPSA) is 75.5 Å². The van der Waals surface area contributed by atoms with E-state index in [-0.39, 0.29) is 11.7 Å². The molecule has 1 fully saturated rings. The lowest BCUT2D eigenvalue weighted by Gasteiger charge is -2.16. The van der Waals surface area contributed by atoms with Gasteiger partial charge < -0.3 is 10.2 Å². The standard InChI is InChI=1S/C11H12FN3O3/c12-8-3-4-9(10(7-8)15(17)18)13-11(16)14-5-1-2-6-14/h3-4,7H,1-2,5-6H2,(H,13,16). The fraction of sp³-hybridized carbons (Fsp3) is 0.364. The van der Waals surface area contributed by atoms with Crippen LogP contribution in [0.15, 0.2) is 18.2 Å². The lowest BCUT2D eigenvalue weighted by Crippen LogP contribution is -2.32. The Morgan fingerprint density at radius 3 is 2.67 bits per heavy atom. The number of nitrogens with one attached hydrogen (secondary N) is 1. The van der Waals surface area contributed by atoms with Gasteiger partial charge in [-0.1, -0.05) is 0 Å². The van der Waals surface area contributed by atoms with Crippen LogP contribution in [0.2, 0.25) is 0 Å².